The fourth-order valence-corrected chi connectivity index (χ4v) is 6.14. The molecular formula is C22H27FN4S. The number of thiophene rings is 1. The molecule has 6 heteroatoms. The lowest BCUT2D eigenvalue weighted by Gasteiger charge is -2.31. The number of nitrogens with one attached hydrogen (secondary N) is 2. The van der Waals surface area contributed by atoms with Crippen molar-refractivity contribution in [3.05, 3.63) is 50.6 Å². The first-order chi connectivity index (χ1) is 13.7. The standard InChI is InChI=1S/C22H27FN4S/c1-14-17(18-4-8-24-13-21(18)28-14)7-11-27-9-5-15(6-10-27)22-19-3-2-16(23)12-20(19)25-26-22/h2-3,12,15,24H,4-11,13H2,1H3,(H,25,26). The molecular weight excluding hydrogens is 371 g/mol. The molecule has 0 radical (unpaired) electrons. The van der Waals surface area contributed by atoms with E-state index in [-0.39, 0.29) is 5.82 Å². The highest BCUT2D eigenvalue weighted by Crippen LogP contribution is 2.33. The van der Waals surface area contributed by atoms with Gasteiger partial charge < -0.3 is 10.2 Å². The van der Waals surface area contributed by atoms with Crippen molar-refractivity contribution >= 4 is 22.2 Å². The van der Waals surface area contributed by atoms with Gasteiger partial charge in [0.25, 0.3) is 0 Å². The Morgan fingerprint density at radius 1 is 1.29 bits per heavy atom. The van der Waals surface area contributed by atoms with Crippen LogP contribution in [0, 0.1) is 12.7 Å². The third-order valence-electron chi connectivity index (χ3n) is 6.46. The lowest BCUT2D eigenvalue weighted by molar-refractivity contribution is 0.213. The molecule has 0 atom stereocenters. The molecule has 4 heterocycles. The van der Waals surface area contributed by atoms with E-state index >= 15 is 0 Å². The number of nitrogens with zero attached hydrogens (tertiary/aromatic N) is 2. The highest BCUT2D eigenvalue weighted by Gasteiger charge is 2.25. The van der Waals surface area contributed by atoms with E-state index in [0.29, 0.717) is 5.92 Å². The van der Waals surface area contributed by atoms with Crippen LogP contribution in [0.2, 0.25) is 0 Å². The zero-order chi connectivity index (χ0) is 19.1. The maximum Gasteiger partial charge on any atom is 0.125 e. The van der Waals surface area contributed by atoms with Crippen LogP contribution in [0.1, 0.15) is 45.3 Å². The molecule has 148 valence electrons. The number of hydrogen-bond donors (Lipinski definition) is 2. The molecule has 1 saturated heterocycles. The van der Waals surface area contributed by atoms with Crippen LogP contribution in [-0.4, -0.2) is 41.3 Å². The van der Waals surface area contributed by atoms with Gasteiger partial charge in [-0.3, -0.25) is 5.10 Å². The highest BCUT2D eigenvalue weighted by molar-refractivity contribution is 7.12. The smallest absolute Gasteiger partial charge is 0.125 e. The maximum absolute atomic E-state index is 13.4. The monoisotopic (exact) mass is 398 g/mol. The third-order valence-corrected chi connectivity index (χ3v) is 7.65. The Morgan fingerprint density at radius 3 is 3.00 bits per heavy atom. The Kier molecular flexibility index (Phi) is 4.95. The molecule has 3 aromatic rings. The molecule has 4 nitrogen and oxygen atoms in total. The summed E-state index contributed by atoms with van der Waals surface area (Å²) < 4.78 is 13.4. The van der Waals surface area contributed by atoms with Gasteiger partial charge in [0, 0.05) is 45.9 Å². The third kappa shape index (κ3) is 3.38. The number of fused-ring (bicyclic) bond motifs is 2. The molecule has 0 saturated carbocycles. The zero-order valence-electron chi connectivity index (χ0n) is 16.4. The van der Waals surface area contributed by atoms with E-state index in [1.165, 1.54) is 35.5 Å². The van der Waals surface area contributed by atoms with Crippen molar-refractivity contribution in [2.75, 3.05) is 26.2 Å². The van der Waals surface area contributed by atoms with Gasteiger partial charge in [0.1, 0.15) is 5.82 Å². The number of halogens is 1. The Balaban J connectivity index is 1.21. The molecule has 2 aliphatic heterocycles. The van der Waals surface area contributed by atoms with E-state index in [0.717, 1.165) is 56.5 Å². The maximum atomic E-state index is 13.4. The minimum absolute atomic E-state index is 0.220. The normalized spacial score (nSPS) is 18.6. The van der Waals surface area contributed by atoms with E-state index in [2.05, 4.69) is 27.3 Å². The van der Waals surface area contributed by atoms with E-state index in [1.54, 1.807) is 16.0 Å². The summed E-state index contributed by atoms with van der Waals surface area (Å²) >= 11 is 1.99. The number of H-pyrrole nitrogens is 1. The van der Waals surface area contributed by atoms with E-state index in [1.807, 2.05) is 17.4 Å². The summed E-state index contributed by atoms with van der Waals surface area (Å²) in [4.78, 5) is 5.68. The second-order valence-electron chi connectivity index (χ2n) is 8.13. The summed E-state index contributed by atoms with van der Waals surface area (Å²) in [7, 11) is 0. The summed E-state index contributed by atoms with van der Waals surface area (Å²) in [5.74, 6) is 0.274. The molecule has 0 amide bonds. The van der Waals surface area contributed by atoms with Crippen molar-refractivity contribution in [3.63, 3.8) is 0 Å². The van der Waals surface area contributed by atoms with Crippen molar-refractivity contribution in [1.29, 1.82) is 0 Å². The molecule has 2 N–H and O–H groups in total. The highest BCUT2D eigenvalue weighted by atomic mass is 32.1. The first kappa shape index (κ1) is 18.3. The lowest BCUT2D eigenvalue weighted by atomic mass is 9.91. The minimum atomic E-state index is -0.220. The number of aryl methyl sites for hydroxylation is 1. The van der Waals surface area contributed by atoms with Gasteiger partial charge in [0.05, 0.1) is 5.52 Å². The molecule has 2 aliphatic rings. The fourth-order valence-electron chi connectivity index (χ4n) is 4.90. The summed E-state index contributed by atoms with van der Waals surface area (Å²) in [6.07, 6.45) is 4.64. The Hall–Kier alpha value is -1.76. The lowest BCUT2D eigenvalue weighted by Crippen LogP contribution is -2.34. The molecule has 0 bridgehead atoms. The zero-order valence-corrected chi connectivity index (χ0v) is 17.2. The molecule has 1 aromatic carbocycles. The van der Waals surface area contributed by atoms with Gasteiger partial charge in [0.2, 0.25) is 0 Å². The van der Waals surface area contributed by atoms with Gasteiger partial charge in [-0.2, -0.15) is 5.10 Å². The number of benzene rings is 1. The first-order valence-corrected chi connectivity index (χ1v) is 11.2. The van der Waals surface area contributed by atoms with Crippen LogP contribution in [0.3, 0.4) is 0 Å². The summed E-state index contributed by atoms with van der Waals surface area (Å²) in [6, 6.07) is 4.92. The SMILES string of the molecule is Cc1sc2c(c1CCN1CCC(c3[nH]nc4cc(F)ccc34)CC1)CCNC2. The van der Waals surface area contributed by atoms with Crippen LogP contribution in [0.15, 0.2) is 18.2 Å². The Labute approximate surface area is 169 Å². The fraction of sp³-hybridized carbons (Fsp3) is 0.500. The molecule has 0 unspecified atom stereocenters. The quantitative estimate of drug-likeness (QED) is 0.694. The van der Waals surface area contributed by atoms with Gasteiger partial charge in [-0.05, 0) is 75.5 Å². The minimum Gasteiger partial charge on any atom is -0.312 e. The largest absolute Gasteiger partial charge is 0.312 e. The van der Waals surface area contributed by atoms with E-state index in [4.69, 9.17) is 0 Å². The summed E-state index contributed by atoms with van der Waals surface area (Å²) in [5.41, 5.74) is 5.17. The first-order valence-electron chi connectivity index (χ1n) is 10.4. The van der Waals surface area contributed by atoms with Crippen molar-refractivity contribution < 1.29 is 4.39 Å². The van der Waals surface area contributed by atoms with Crippen LogP contribution in [0.5, 0.6) is 0 Å². The average molecular weight is 399 g/mol. The average Bonchev–Trinajstić information content (AvgIpc) is 3.26. The molecule has 0 spiro atoms. The van der Waals surface area contributed by atoms with Gasteiger partial charge >= 0.3 is 0 Å². The van der Waals surface area contributed by atoms with Gasteiger partial charge in [0.15, 0.2) is 0 Å². The number of aromatic nitrogens is 2. The predicted octanol–water partition coefficient (Wildman–Crippen LogP) is 4.14. The number of piperidine rings is 1. The number of likely N-dealkylation sites (tertiary alicyclic amines) is 1. The molecule has 28 heavy (non-hydrogen) atoms. The van der Waals surface area contributed by atoms with Crippen LogP contribution < -0.4 is 5.32 Å². The second-order valence-corrected chi connectivity index (χ2v) is 9.44. The van der Waals surface area contributed by atoms with Crippen LogP contribution >= 0.6 is 11.3 Å². The van der Waals surface area contributed by atoms with Crippen molar-refractivity contribution in [2.45, 2.75) is 45.1 Å². The van der Waals surface area contributed by atoms with Crippen molar-refractivity contribution in [1.82, 2.24) is 20.4 Å². The molecule has 0 aliphatic carbocycles. The molecule has 5 rings (SSSR count). The summed E-state index contributed by atoms with van der Waals surface area (Å²) in [6.45, 7) is 7.85. The van der Waals surface area contributed by atoms with Crippen LogP contribution in [-0.2, 0) is 19.4 Å². The summed E-state index contributed by atoms with van der Waals surface area (Å²) in [5, 5.41) is 12.1. The molecule has 2 aromatic heterocycles. The van der Waals surface area contributed by atoms with Crippen LogP contribution in [0.4, 0.5) is 4.39 Å². The predicted molar refractivity (Wildman–Crippen MR) is 113 cm³/mol. The van der Waals surface area contributed by atoms with Crippen LogP contribution in [0.25, 0.3) is 10.9 Å². The van der Waals surface area contributed by atoms with Gasteiger partial charge in [-0.1, -0.05) is 0 Å². The van der Waals surface area contributed by atoms with Crippen molar-refractivity contribution in [2.24, 2.45) is 0 Å². The van der Waals surface area contributed by atoms with E-state index in [9.17, 15) is 4.39 Å². The van der Waals surface area contributed by atoms with Gasteiger partial charge in [-0.25, -0.2) is 4.39 Å². The number of hydrogen-bond acceptors (Lipinski definition) is 4. The number of aromatic amines is 1. The second kappa shape index (κ2) is 7.58. The Bertz CT molecular complexity index is 984. The Morgan fingerprint density at radius 2 is 2.14 bits per heavy atom. The number of rotatable bonds is 4. The van der Waals surface area contributed by atoms with Crippen molar-refractivity contribution in [3.8, 4) is 0 Å². The van der Waals surface area contributed by atoms with E-state index < -0.39 is 0 Å². The molecule has 1 fully saturated rings. The van der Waals surface area contributed by atoms with Gasteiger partial charge in [-0.15, -0.1) is 11.3 Å². The topological polar surface area (TPSA) is 44.0 Å².